The summed E-state index contributed by atoms with van der Waals surface area (Å²) in [4.78, 5) is 9.01. The van der Waals surface area contributed by atoms with E-state index in [1.165, 1.54) is 10.6 Å². The third-order valence-corrected chi connectivity index (χ3v) is 6.54. The molecule has 1 aliphatic rings. The van der Waals surface area contributed by atoms with Crippen molar-refractivity contribution in [2.45, 2.75) is 12.3 Å². The van der Waals surface area contributed by atoms with Crippen molar-refractivity contribution in [2.75, 3.05) is 32.6 Å². The van der Waals surface area contributed by atoms with Gasteiger partial charge in [-0.15, -0.1) is 0 Å². The van der Waals surface area contributed by atoms with Gasteiger partial charge in [-0.25, -0.2) is 22.9 Å². The van der Waals surface area contributed by atoms with Crippen LogP contribution in [0.25, 0.3) is 5.65 Å². The van der Waals surface area contributed by atoms with Crippen LogP contribution < -0.4 is 14.8 Å². The van der Waals surface area contributed by atoms with E-state index in [1.807, 2.05) is 6.07 Å². The van der Waals surface area contributed by atoms with Gasteiger partial charge in [-0.3, -0.25) is 0 Å². The molecule has 0 saturated carbocycles. The zero-order valence-electron chi connectivity index (χ0n) is 16.6. The predicted octanol–water partition coefficient (Wildman–Crippen LogP) is 2.15. The molecule has 1 atom stereocenters. The summed E-state index contributed by atoms with van der Waals surface area (Å²) in [6.45, 7) is 4.17. The monoisotopic (exact) mass is 430 g/mol. The summed E-state index contributed by atoms with van der Waals surface area (Å²) in [6.07, 6.45) is 3.90. The van der Waals surface area contributed by atoms with Gasteiger partial charge in [0.25, 0.3) is 0 Å². The number of methoxy groups -OCH3 is 2. The van der Waals surface area contributed by atoms with Gasteiger partial charge in [0.1, 0.15) is 6.33 Å². The highest BCUT2D eigenvalue weighted by molar-refractivity contribution is 7.92. The number of ether oxygens (including phenoxy) is 2. The van der Waals surface area contributed by atoms with Crippen LogP contribution in [0.1, 0.15) is 18.0 Å². The van der Waals surface area contributed by atoms with Crippen molar-refractivity contribution in [3.05, 3.63) is 48.4 Å². The lowest BCUT2D eigenvalue weighted by Gasteiger charge is -2.15. The minimum atomic E-state index is -3.45. The minimum absolute atomic E-state index is 0.0562. The molecule has 1 fully saturated rings. The van der Waals surface area contributed by atoms with Gasteiger partial charge >= 0.3 is 0 Å². The molecule has 3 heterocycles. The number of nitrogens with zero attached hydrogens (tertiary/aromatic N) is 5. The molecule has 158 valence electrons. The van der Waals surface area contributed by atoms with Gasteiger partial charge < -0.3 is 14.8 Å². The van der Waals surface area contributed by atoms with Crippen molar-refractivity contribution in [1.82, 2.24) is 23.9 Å². The average molecular weight is 430 g/mol. The lowest BCUT2D eigenvalue weighted by Crippen LogP contribution is -2.26. The number of aromatic nitrogens is 4. The topological polar surface area (TPSA) is 111 Å². The van der Waals surface area contributed by atoms with Crippen LogP contribution >= 0.6 is 0 Å². The van der Waals surface area contributed by atoms with Crippen molar-refractivity contribution in [3.63, 3.8) is 0 Å². The molecule has 0 bridgehead atoms. The second-order valence-corrected chi connectivity index (χ2v) is 8.67. The maximum absolute atomic E-state index is 12.1. The molecular formula is C19H22N6O4S. The summed E-state index contributed by atoms with van der Waals surface area (Å²) in [5.74, 6) is 1.66. The quantitative estimate of drug-likeness (QED) is 0.607. The first-order valence-electron chi connectivity index (χ1n) is 9.27. The van der Waals surface area contributed by atoms with Crippen LogP contribution in [0.2, 0.25) is 0 Å². The molecule has 0 amide bonds. The molecule has 0 radical (unpaired) electrons. The number of hydrogen-bond acceptors (Lipinski definition) is 8. The first-order chi connectivity index (χ1) is 14.4. The maximum atomic E-state index is 12.1. The molecule has 10 nitrogen and oxygen atoms in total. The Kier molecular flexibility index (Phi) is 5.31. The number of nitrogens with one attached hydrogen (secondary N) is 1. The number of benzene rings is 1. The predicted molar refractivity (Wildman–Crippen MR) is 112 cm³/mol. The molecule has 1 N–H and O–H groups in total. The van der Waals surface area contributed by atoms with E-state index in [0.29, 0.717) is 42.5 Å². The fourth-order valence-electron chi connectivity index (χ4n) is 3.48. The Labute approximate surface area is 174 Å². The maximum Gasteiger partial charge on any atom is 0.235 e. The molecular weight excluding hydrogens is 408 g/mol. The van der Waals surface area contributed by atoms with Crippen molar-refractivity contribution in [3.8, 4) is 11.5 Å². The summed E-state index contributed by atoms with van der Waals surface area (Å²) in [6, 6.07) is 5.44. The van der Waals surface area contributed by atoms with E-state index < -0.39 is 10.0 Å². The highest BCUT2D eigenvalue weighted by Gasteiger charge is 2.32. The second kappa shape index (κ2) is 7.92. The molecule has 0 unspecified atom stereocenters. The summed E-state index contributed by atoms with van der Waals surface area (Å²) in [5, 5.41) is 8.47. The van der Waals surface area contributed by atoms with Crippen LogP contribution in [0, 0.1) is 0 Å². The summed E-state index contributed by atoms with van der Waals surface area (Å²) >= 11 is 0. The van der Waals surface area contributed by atoms with Crippen LogP contribution in [0.3, 0.4) is 0 Å². The first kappa shape index (κ1) is 20.1. The highest BCUT2D eigenvalue weighted by atomic mass is 32.2. The summed E-state index contributed by atoms with van der Waals surface area (Å²) < 4.78 is 37.9. The molecule has 3 aromatic rings. The van der Waals surface area contributed by atoms with Crippen molar-refractivity contribution < 1.29 is 17.9 Å². The van der Waals surface area contributed by atoms with Gasteiger partial charge in [0.05, 0.1) is 26.1 Å². The molecule has 1 aromatic carbocycles. The standard InChI is InChI=1S/C19H22N6O4S/c1-4-30(26,27)24-8-7-13(10-24)15-11-25-19(20-12-21-25)18(23-15)22-14-5-6-16(28-2)17(9-14)29-3/h4-6,9,11-13H,1,7-8,10H2,2-3H3,(H,22,23)/t13-/m0/s1. The van der Waals surface area contributed by atoms with Crippen LogP contribution in [-0.4, -0.2) is 59.6 Å². The smallest absolute Gasteiger partial charge is 0.235 e. The van der Waals surface area contributed by atoms with E-state index >= 15 is 0 Å². The lowest BCUT2D eigenvalue weighted by atomic mass is 10.1. The molecule has 4 rings (SSSR count). The normalized spacial score (nSPS) is 17.2. The van der Waals surface area contributed by atoms with Crippen LogP contribution in [0.15, 0.2) is 42.7 Å². The Bertz CT molecular complexity index is 1190. The number of fused-ring (bicyclic) bond motifs is 1. The minimum Gasteiger partial charge on any atom is -0.493 e. The van der Waals surface area contributed by atoms with E-state index in [0.717, 1.165) is 16.8 Å². The van der Waals surface area contributed by atoms with Crippen LogP contribution in [0.5, 0.6) is 11.5 Å². The Morgan fingerprint density at radius 3 is 2.80 bits per heavy atom. The van der Waals surface area contributed by atoms with Crippen LogP contribution in [-0.2, 0) is 10.0 Å². The Balaban J connectivity index is 1.67. The van der Waals surface area contributed by atoms with Gasteiger partial charge in [-0.2, -0.15) is 9.40 Å². The molecule has 0 aliphatic carbocycles. The largest absolute Gasteiger partial charge is 0.493 e. The Morgan fingerprint density at radius 2 is 2.07 bits per heavy atom. The molecule has 2 aromatic heterocycles. The highest BCUT2D eigenvalue weighted by Crippen LogP contribution is 2.33. The zero-order chi connectivity index (χ0) is 21.3. The molecule has 1 aliphatic heterocycles. The van der Waals surface area contributed by atoms with Gasteiger partial charge in [0.2, 0.25) is 10.0 Å². The van der Waals surface area contributed by atoms with Gasteiger partial charge in [-0.1, -0.05) is 6.58 Å². The third kappa shape index (κ3) is 3.68. The molecule has 11 heteroatoms. The fourth-order valence-corrected chi connectivity index (χ4v) is 4.44. The first-order valence-corrected chi connectivity index (χ1v) is 10.8. The van der Waals surface area contributed by atoms with Gasteiger partial charge in [-0.05, 0) is 18.6 Å². The number of hydrogen-bond donors (Lipinski definition) is 1. The second-order valence-electron chi connectivity index (χ2n) is 6.79. The van der Waals surface area contributed by atoms with Crippen molar-refractivity contribution >= 4 is 27.2 Å². The number of rotatable bonds is 7. The summed E-state index contributed by atoms with van der Waals surface area (Å²) in [7, 11) is -0.304. The number of anilines is 2. The van der Waals surface area contributed by atoms with Gasteiger partial charge in [0, 0.05) is 36.2 Å². The van der Waals surface area contributed by atoms with Crippen molar-refractivity contribution in [2.24, 2.45) is 0 Å². The van der Waals surface area contributed by atoms with E-state index in [1.54, 1.807) is 37.1 Å². The molecule has 1 saturated heterocycles. The average Bonchev–Trinajstić information content (AvgIpc) is 3.43. The molecule has 0 spiro atoms. The zero-order valence-corrected chi connectivity index (χ0v) is 17.5. The van der Waals surface area contributed by atoms with Gasteiger partial charge in [0.15, 0.2) is 23.0 Å². The van der Waals surface area contributed by atoms with E-state index in [-0.39, 0.29) is 5.92 Å². The van der Waals surface area contributed by atoms with Crippen LogP contribution in [0.4, 0.5) is 11.5 Å². The Hall–Kier alpha value is -3.18. The number of sulfonamides is 1. The summed E-state index contributed by atoms with van der Waals surface area (Å²) in [5.41, 5.74) is 2.03. The Morgan fingerprint density at radius 1 is 1.27 bits per heavy atom. The van der Waals surface area contributed by atoms with E-state index in [9.17, 15) is 8.42 Å². The fraction of sp³-hybridized carbons (Fsp3) is 0.316. The van der Waals surface area contributed by atoms with Crippen molar-refractivity contribution in [1.29, 1.82) is 0 Å². The lowest BCUT2D eigenvalue weighted by molar-refractivity contribution is 0.355. The molecule has 30 heavy (non-hydrogen) atoms. The third-order valence-electron chi connectivity index (χ3n) is 5.07. The van der Waals surface area contributed by atoms with E-state index in [4.69, 9.17) is 14.5 Å². The SMILES string of the molecule is C=CS(=O)(=O)N1CC[C@H](c2cn3ncnc3c(Nc3ccc(OC)c(OC)c3)n2)C1. The van der Waals surface area contributed by atoms with E-state index in [2.05, 4.69) is 22.0 Å².